The quantitative estimate of drug-likeness (QED) is 0.377. The minimum absolute atomic E-state index is 0.476. The van der Waals surface area contributed by atoms with Gasteiger partial charge in [-0.25, -0.2) is 0 Å². The summed E-state index contributed by atoms with van der Waals surface area (Å²) in [4.78, 5) is 13.1. The van der Waals surface area contributed by atoms with Crippen LogP contribution in [0.25, 0.3) is 0 Å². The van der Waals surface area contributed by atoms with E-state index in [2.05, 4.69) is 37.5 Å². The lowest BCUT2D eigenvalue weighted by Gasteiger charge is -2.23. The maximum absolute atomic E-state index is 11.2. The smallest absolute Gasteiger partial charge is 0.320 e. The van der Waals surface area contributed by atoms with Gasteiger partial charge in [0.2, 0.25) is 0 Å². The van der Waals surface area contributed by atoms with E-state index in [1.807, 2.05) is 17.1 Å². The second-order valence-corrected chi connectivity index (χ2v) is 5.35. The lowest BCUT2D eigenvalue weighted by molar-refractivity contribution is -0.142. The van der Waals surface area contributed by atoms with E-state index < -0.39 is 12.0 Å². The number of carboxylic acid groups (broad SMARTS) is 1. The first kappa shape index (κ1) is 20.4. The van der Waals surface area contributed by atoms with Gasteiger partial charge in [-0.1, -0.05) is 36.5 Å². The minimum Gasteiger partial charge on any atom is -0.480 e. The van der Waals surface area contributed by atoms with Crippen LogP contribution in [-0.4, -0.2) is 35.1 Å². The number of unbranched alkanes of at least 4 members (excludes halogenated alkanes) is 4. The van der Waals surface area contributed by atoms with E-state index in [1.54, 1.807) is 6.92 Å². The molecule has 1 atom stereocenters. The normalized spacial score (nSPS) is 13.0. The molecule has 0 aliphatic heterocycles. The van der Waals surface area contributed by atoms with Crippen molar-refractivity contribution in [2.24, 2.45) is 0 Å². The fraction of sp³-hybridized carbons (Fsp3) is 0.526. The molecule has 0 bridgehead atoms. The molecule has 0 spiro atoms. The van der Waals surface area contributed by atoms with Crippen LogP contribution in [0.2, 0.25) is 0 Å². The summed E-state index contributed by atoms with van der Waals surface area (Å²) in [5.41, 5.74) is 0. The van der Waals surface area contributed by atoms with E-state index in [0.717, 1.165) is 38.5 Å². The molecule has 0 saturated carbocycles. The SMILES string of the molecule is C=CCCCC=CCN(CC=CCCCC=C)[C@@H](C)C(=O)O. The van der Waals surface area contributed by atoms with Gasteiger partial charge in [0.15, 0.2) is 0 Å². The first-order valence-corrected chi connectivity index (χ1v) is 8.12. The lowest BCUT2D eigenvalue weighted by Crippen LogP contribution is -2.39. The van der Waals surface area contributed by atoms with Crippen LogP contribution in [0.15, 0.2) is 49.6 Å². The molecule has 0 unspecified atom stereocenters. The molecule has 0 aromatic heterocycles. The van der Waals surface area contributed by atoms with Crippen LogP contribution in [0, 0.1) is 0 Å². The number of carboxylic acids is 1. The Morgan fingerprint density at radius 1 is 0.955 bits per heavy atom. The molecule has 0 radical (unpaired) electrons. The van der Waals surface area contributed by atoms with Crippen LogP contribution < -0.4 is 0 Å². The van der Waals surface area contributed by atoms with Gasteiger partial charge in [-0.2, -0.15) is 0 Å². The van der Waals surface area contributed by atoms with Gasteiger partial charge in [-0.05, 0) is 45.4 Å². The van der Waals surface area contributed by atoms with Gasteiger partial charge in [0.05, 0.1) is 0 Å². The number of carbonyl (C=O) groups is 1. The summed E-state index contributed by atoms with van der Waals surface area (Å²) in [7, 11) is 0. The standard InChI is InChI=1S/C19H31NO2/c1-4-6-8-10-12-14-16-20(18(3)19(21)22)17-15-13-11-9-7-5-2/h4-5,12-15,18H,1-2,6-11,16-17H2,3H3,(H,21,22)/t18-/m0/s1. The van der Waals surface area contributed by atoms with Crippen molar-refractivity contribution >= 4 is 5.97 Å². The van der Waals surface area contributed by atoms with Crippen molar-refractivity contribution in [3.05, 3.63) is 49.6 Å². The molecule has 3 nitrogen and oxygen atoms in total. The Morgan fingerprint density at radius 3 is 1.77 bits per heavy atom. The third kappa shape index (κ3) is 11.1. The number of rotatable bonds is 14. The zero-order chi connectivity index (χ0) is 16.6. The van der Waals surface area contributed by atoms with Crippen molar-refractivity contribution < 1.29 is 9.90 Å². The molecule has 0 heterocycles. The molecule has 0 aromatic carbocycles. The first-order valence-electron chi connectivity index (χ1n) is 8.12. The van der Waals surface area contributed by atoms with Crippen molar-refractivity contribution in [1.29, 1.82) is 0 Å². The van der Waals surface area contributed by atoms with Crippen molar-refractivity contribution in [3.8, 4) is 0 Å². The Balaban J connectivity index is 4.23. The van der Waals surface area contributed by atoms with Gasteiger partial charge in [0, 0.05) is 13.1 Å². The van der Waals surface area contributed by atoms with Crippen molar-refractivity contribution in [1.82, 2.24) is 4.90 Å². The maximum Gasteiger partial charge on any atom is 0.320 e. The molecule has 0 fully saturated rings. The lowest BCUT2D eigenvalue weighted by atomic mass is 10.2. The van der Waals surface area contributed by atoms with Crippen LogP contribution in [0.3, 0.4) is 0 Å². The van der Waals surface area contributed by atoms with Gasteiger partial charge < -0.3 is 5.11 Å². The Morgan fingerprint density at radius 2 is 1.41 bits per heavy atom. The topological polar surface area (TPSA) is 40.5 Å². The van der Waals surface area contributed by atoms with Gasteiger partial charge in [0.1, 0.15) is 6.04 Å². The van der Waals surface area contributed by atoms with E-state index in [1.165, 1.54) is 0 Å². The van der Waals surface area contributed by atoms with Crippen LogP contribution in [-0.2, 0) is 4.79 Å². The largest absolute Gasteiger partial charge is 0.480 e. The predicted octanol–water partition coefficient (Wildman–Crippen LogP) is 4.59. The number of aliphatic carboxylic acids is 1. The van der Waals surface area contributed by atoms with E-state index >= 15 is 0 Å². The molecule has 1 N–H and O–H groups in total. The van der Waals surface area contributed by atoms with Crippen molar-refractivity contribution in [3.63, 3.8) is 0 Å². The molecule has 124 valence electrons. The third-order valence-corrected chi connectivity index (χ3v) is 3.48. The molecule has 0 rings (SSSR count). The molecular formula is C19H31NO2. The van der Waals surface area contributed by atoms with Crippen LogP contribution in [0.1, 0.15) is 45.4 Å². The number of hydrogen-bond acceptors (Lipinski definition) is 2. The minimum atomic E-state index is -0.778. The monoisotopic (exact) mass is 305 g/mol. The molecule has 3 heteroatoms. The average Bonchev–Trinajstić information content (AvgIpc) is 2.51. The van der Waals surface area contributed by atoms with E-state index in [0.29, 0.717) is 13.1 Å². The second kappa shape index (κ2) is 14.3. The van der Waals surface area contributed by atoms with E-state index in [4.69, 9.17) is 0 Å². The Kier molecular flexibility index (Phi) is 13.3. The van der Waals surface area contributed by atoms with E-state index in [-0.39, 0.29) is 0 Å². The number of nitrogens with zero attached hydrogens (tertiary/aromatic N) is 1. The maximum atomic E-state index is 11.2. The summed E-state index contributed by atoms with van der Waals surface area (Å²) < 4.78 is 0. The molecule has 22 heavy (non-hydrogen) atoms. The molecule has 0 aliphatic rings. The zero-order valence-corrected chi connectivity index (χ0v) is 13.9. The summed E-state index contributed by atoms with van der Waals surface area (Å²) in [6.07, 6.45) is 18.5. The Hall–Kier alpha value is -1.61. The predicted molar refractivity (Wildman–Crippen MR) is 95.0 cm³/mol. The van der Waals surface area contributed by atoms with Crippen LogP contribution in [0.5, 0.6) is 0 Å². The summed E-state index contributed by atoms with van der Waals surface area (Å²) in [5, 5.41) is 9.19. The molecule has 0 saturated heterocycles. The Labute approximate surface area is 135 Å². The fourth-order valence-corrected chi connectivity index (χ4v) is 1.96. The van der Waals surface area contributed by atoms with Crippen LogP contribution >= 0.6 is 0 Å². The second-order valence-electron chi connectivity index (χ2n) is 5.35. The van der Waals surface area contributed by atoms with Crippen LogP contribution in [0.4, 0.5) is 0 Å². The van der Waals surface area contributed by atoms with Crippen molar-refractivity contribution in [2.75, 3.05) is 13.1 Å². The summed E-state index contributed by atoms with van der Waals surface area (Å²) in [5.74, 6) is -0.778. The molecule has 0 aliphatic carbocycles. The number of hydrogen-bond donors (Lipinski definition) is 1. The Bertz CT molecular complexity index is 346. The van der Waals surface area contributed by atoms with E-state index in [9.17, 15) is 9.90 Å². The number of allylic oxidation sites excluding steroid dienone is 4. The third-order valence-electron chi connectivity index (χ3n) is 3.48. The fourth-order valence-electron chi connectivity index (χ4n) is 1.96. The molecular weight excluding hydrogens is 274 g/mol. The summed E-state index contributed by atoms with van der Waals surface area (Å²) in [6, 6.07) is -0.476. The zero-order valence-electron chi connectivity index (χ0n) is 13.9. The summed E-state index contributed by atoms with van der Waals surface area (Å²) >= 11 is 0. The highest BCUT2D eigenvalue weighted by Gasteiger charge is 2.17. The highest BCUT2D eigenvalue weighted by atomic mass is 16.4. The van der Waals surface area contributed by atoms with Gasteiger partial charge in [-0.3, -0.25) is 9.69 Å². The highest BCUT2D eigenvalue weighted by molar-refractivity contribution is 5.72. The highest BCUT2D eigenvalue weighted by Crippen LogP contribution is 2.03. The van der Waals surface area contributed by atoms with Gasteiger partial charge in [-0.15, -0.1) is 13.2 Å². The summed E-state index contributed by atoms with van der Waals surface area (Å²) in [6.45, 7) is 10.5. The molecule has 0 aromatic rings. The first-order chi connectivity index (χ1) is 10.6. The van der Waals surface area contributed by atoms with Gasteiger partial charge in [0.25, 0.3) is 0 Å². The van der Waals surface area contributed by atoms with Gasteiger partial charge >= 0.3 is 5.97 Å². The average molecular weight is 305 g/mol. The molecule has 0 amide bonds. The van der Waals surface area contributed by atoms with Crippen molar-refractivity contribution in [2.45, 2.75) is 51.5 Å².